The van der Waals surface area contributed by atoms with E-state index in [-0.39, 0.29) is 11.1 Å². The molecule has 2 N–H and O–H groups in total. The van der Waals surface area contributed by atoms with Gasteiger partial charge in [0.05, 0.1) is 16.2 Å². The number of hydrogen-bond acceptors (Lipinski definition) is 3. The summed E-state index contributed by atoms with van der Waals surface area (Å²) in [5.41, 5.74) is 2.44. The molecular formula is C19H18ClN3O2. The lowest BCUT2D eigenvalue weighted by Gasteiger charge is -2.16. The predicted octanol–water partition coefficient (Wildman–Crippen LogP) is 3.79. The fourth-order valence-electron chi connectivity index (χ4n) is 2.84. The molecule has 0 atom stereocenters. The molecule has 25 heavy (non-hydrogen) atoms. The maximum Gasteiger partial charge on any atom is 0.265 e. The van der Waals surface area contributed by atoms with Crippen LogP contribution in [0.3, 0.4) is 0 Å². The number of rotatable bonds is 3. The minimum absolute atomic E-state index is 0.0335. The van der Waals surface area contributed by atoms with Crippen molar-refractivity contribution in [1.29, 1.82) is 0 Å². The number of amides is 1. The summed E-state index contributed by atoms with van der Waals surface area (Å²) in [5.74, 6) is -0.476. The highest BCUT2D eigenvalue weighted by molar-refractivity contribution is 6.37. The van der Waals surface area contributed by atoms with Crippen LogP contribution in [0.15, 0.2) is 47.3 Å². The van der Waals surface area contributed by atoms with Crippen LogP contribution in [-0.2, 0) is 7.05 Å². The first kappa shape index (κ1) is 17.0. The average Bonchev–Trinajstić information content (AvgIpc) is 2.60. The molecule has 0 aliphatic carbocycles. The molecule has 0 spiro atoms. The molecule has 0 aliphatic rings. The number of aromatic nitrogens is 1. The van der Waals surface area contributed by atoms with E-state index in [1.807, 2.05) is 19.1 Å². The van der Waals surface area contributed by atoms with Crippen LogP contribution in [0, 0.1) is 6.92 Å². The molecule has 0 bridgehead atoms. The number of anilines is 2. The summed E-state index contributed by atoms with van der Waals surface area (Å²) >= 11 is 6.33. The maximum atomic E-state index is 12.8. The standard InChI is InChI=1S/C19H18ClN3O2/c1-11-7-9-12(10-8-11)22-18(24)16-17(21-2)15-13(20)5-4-6-14(15)23(3)19(16)25/h4-10,21H,1-3H3,(H,22,24). The molecule has 0 fully saturated rings. The van der Waals surface area contributed by atoms with Gasteiger partial charge >= 0.3 is 0 Å². The second-order valence-corrected chi connectivity index (χ2v) is 6.23. The van der Waals surface area contributed by atoms with Gasteiger partial charge in [-0.15, -0.1) is 0 Å². The lowest BCUT2D eigenvalue weighted by atomic mass is 10.1. The van der Waals surface area contributed by atoms with Crippen molar-refractivity contribution in [3.05, 3.63) is 69.0 Å². The fourth-order valence-corrected chi connectivity index (χ4v) is 3.10. The number of benzene rings is 2. The zero-order valence-electron chi connectivity index (χ0n) is 14.2. The molecule has 3 rings (SSSR count). The Kier molecular flexibility index (Phi) is 4.51. The van der Waals surface area contributed by atoms with Crippen LogP contribution in [0.4, 0.5) is 11.4 Å². The topological polar surface area (TPSA) is 63.1 Å². The van der Waals surface area contributed by atoms with Crippen molar-refractivity contribution >= 4 is 39.8 Å². The third-order valence-corrected chi connectivity index (χ3v) is 4.47. The molecule has 0 saturated carbocycles. The number of aryl methyl sites for hydroxylation is 2. The van der Waals surface area contributed by atoms with E-state index in [1.165, 1.54) is 4.57 Å². The van der Waals surface area contributed by atoms with Crippen LogP contribution < -0.4 is 16.2 Å². The van der Waals surface area contributed by atoms with Crippen LogP contribution in [0.5, 0.6) is 0 Å². The third-order valence-electron chi connectivity index (χ3n) is 4.16. The van der Waals surface area contributed by atoms with Crippen LogP contribution in [0.1, 0.15) is 15.9 Å². The Hall–Kier alpha value is -2.79. The van der Waals surface area contributed by atoms with E-state index in [9.17, 15) is 9.59 Å². The third kappa shape index (κ3) is 2.98. The zero-order chi connectivity index (χ0) is 18.1. The molecule has 6 heteroatoms. The number of nitrogens with one attached hydrogen (secondary N) is 2. The van der Waals surface area contributed by atoms with E-state index in [0.717, 1.165) is 5.56 Å². The Bertz CT molecular complexity index is 1020. The average molecular weight is 356 g/mol. The van der Waals surface area contributed by atoms with Crippen LogP contribution in [0.2, 0.25) is 5.02 Å². The van der Waals surface area contributed by atoms with Gasteiger partial charge in [-0.1, -0.05) is 35.4 Å². The Labute approximate surface area is 150 Å². The number of halogens is 1. The number of carbonyl (C=O) groups excluding carboxylic acids is 1. The fraction of sp³-hybridized carbons (Fsp3) is 0.158. The Morgan fingerprint density at radius 2 is 1.80 bits per heavy atom. The zero-order valence-corrected chi connectivity index (χ0v) is 14.9. The normalized spacial score (nSPS) is 10.7. The predicted molar refractivity (Wildman–Crippen MR) is 103 cm³/mol. The van der Waals surface area contributed by atoms with Gasteiger partial charge in [-0.2, -0.15) is 0 Å². The van der Waals surface area contributed by atoms with Gasteiger partial charge in [-0.05, 0) is 31.2 Å². The van der Waals surface area contributed by atoms with Crippen molar-refractivity contribution in [3.8, 4) is 0 Å². The van der Waals surface area contributed by atoms with Crippen molar-refractivity contribution in [2.24, 2.45) is 7.05 Å². The van der Waals surface area contributed by atoms with E-state index in [0.29, 0.717) is 27.3 Å². The van der Waals surface area contributed by atoms with Crippen molar-refractivity contribution < 1.29 is 4.79 Å². The van der Waals surface area contributed by atoms with Gasteiger partial charge in [-0.25, -0.2) is 0 Å². The Balaban J connectivity index is 2.19. The highest BCUT2D eigenvalue weighted by Crippen LogP contribution is 2.31. The highest BCUT2D eigenvalue weighted by Gasteiger charge is 2.22. The molecule has 3 aromatic rings. The van der Waals surface area contributed by atoms with Crippen LogP contribution >= 0.6 is 11.6 Å². The van der Waals surface area contributed by atoms with Gasteiger partial charge < -0.3 is 15.2 Å². The second kappa shape index (κ2) is 6.61. The van der Waals surface area contributed by atoms with Crippen molar-refractivity contribution in [2.45, 2.75) is 6.92 Å². The highest BCUT2D eigenvalue weighted by atomic mass is 35.5. The quantitative estimate of drug-likeness (QED) is 0.751. The van der Waals surface area contributed by atoms with E-state index in [1.54, 1.807) is 44.4 Å². The SMILES string of the molecule is CNc1c(C(=O)Nc2ccc(C)cc2)c(=O)n(C)c2cccc(Cl)c12. The Morgan fingerprint density at radius 3 is 2.44 bits per heavy atom. The molecular weight excluding hydrogens is 338 g/mol. The molecule has 2 aromatic carbocycles. The number of nitrogens with zero attached hydrogens (tertiary/aromatic N) is 1. The maximum absolute atomic E-state index is 12.8. The van der Waals surface area contributed by atoms with Gasteiger partial charge in [0, 0.05) is 25.2 Å². The number of hydrogen-bond donors (Lipinski definition) is 2. The first-order valence-corrected chi connectivity index (χ1v) is 8.19. The van der Waals surface area contributed by atoms with E-state index >= 15 is 0 Å². The Morgan fingerprint density at radius 1 is 1.12 bits per heavy atom. The molecule has 1 heterocycles. The second-order valence-electron chi connectivity index (χ2n) is 5.82. The van der Waals surface area contributed by atoms with Gasteiger partial charge in [0.15, 0.2) is 0 Å². The molecule has 1 aromatic heterocycles. The van der Waals surface area contributed by atoms with Gasteiger partial charge in [0.1, 0.15) is 5.56 Å². The lowest BCUT2D eigenvalue weighted by Crippen LogP contribution is -2.29. The molecule has 0 radical (unpaired) electrons. The minimum atomic E-state index is -0.476. The summed E-state index contributed by atoms with van der Waals surface area (Å²) < 4.78 is 1.44. The monoisotopic (exact) mass is 355 g/mol. The minimum Gasteiger partial charge on any atom is -0.387 e. The van der Waals surface area contributed by atoms with Crippen molar-refractivity contribution in [1.82, 2.24) is 4.57 Å². The van der Waals surface area contributed by atoms with Crippen LogP contribution in [-0.4, -0.2) is 17.5 Å². The molecule has 0 unspecified atom stereocenters. The molecule has 128 valence electrons. The van der Waals surface area contributed by atoms with Gasteiger partial charge in [0.2, 0.25) is 0 Å². The van der Waals surface area contributed by atoms with E-state index in [4.69, 9.17) is 11.6 Å². The molecule has 0 aliphatic heterocycles. The van der Waals surface area contributed by atoms with E-state index in [2.05, 4.69) is 10.6 Å². The molecule has 5 nitrogen and oxygen atoms in total. The van der Waals surface area contributed by atoms with Gasteiger partial charge in [0.25, 0.3) is 11.5 Å². The summed E-state index contributed by atoms with van der Waals surface area (Å²) in [6, 6.07) is 12.7. The molecule has 1 amide bonds. The van der Waals surface area contributed by atoms with Crippen molar-refractivity contribution in [2.75, 3.05) is 17.7 Å². The van der Waals surface area contributed by atoms with E-state index < -0.39 is 5.91 Å². The van der Waals surface area contributed by atoms with Gasteiger partial charge in [-0.3, -0.25) is 9.59 Å². The van der Waals surface area contributed by atoms with Crippen LogP contribution in [0.25, 0.3) is 10.9 Å². The summed E-state index contributed by atoms with van der Waals surface area (Å²) in [4.78, 5) is 25.6. The smallest absolute Gasteiger partial charge is 0.265 e. The summed E-state index contributed by atoms with van der Waals surface area (Å²) in [6.07, 6.45) is 0. The largest absolute Gasteiger partial charge is 0.387 e. The summed E-state index contributed by atoms with van der Waals surface area (Å²) in [5, 5.41) is 6.86. The first-order valence-electron chi connectivity index (χ1n) is 7.81. The number of carbonyl (C=O) groups is 1. The summed E-state index contributed by atoms with van der Waals surface area (Å²) in [6.45, 7) is 1.96. The lowest BCUT2D eigenvalue weighted by molar-refractivity contribution is 0.102. The first-order chi connectivity index (χ1) is 11.9. The number of pyridine rings is 1. The summed E-state index contributed by atoms with van der Waals surface area (Å²) in [7, 11) is 3.29. The van der Waals surface area contributed by atoms with Crippen molar-refractivity contribution in [3.63, 3.8) is 0 Å². The molecule has 0 saturated heterocycles. The number of fused-ring (bicyclic) bond motifs is 1.